The molecule has 0 saturated carbocycles. The highest BCUT2D eigenvalue weighted by Gasteiger charge is 2.17. The van der Waals surface area contributed by atoms with Gasteiger partial charge in [0.1, 0.15) is 0 Å². The Kier molecular flexibility index (Phi) is 6.17. The first-order valence-electron chi connectivity index (χ1n) is 8.97. The lowest BCUT2D eigenvalue weighted by atomic mass is 10.0. The van der Waals surface area contributed by atoms with Gasteiger partial charge >= 0.3 is 0 Å². The van der Waals surface area contributed by atoms with Crippen molar-refractivity contribution in [3.05, 3.63) is 64.4 Å². The Balaban J connectivity index is 2.15. The van der Waals surface area contributed by atoms with Gasteiger partial charge in [-0.05, 0) is 29.7 Å². The van der Waals surface area contributed by atoms with Crippen LogP contribution in [-0.2, 0) is 4.79 Å². The predicted molar refractivity (Wildman–Crippen MR) is 114 cm³/mol. The van der Waals surface area contributed by atoms with Gasteiger partial charge in [-0.3, -0.25) is 14.2 Å². The molecule has 0 spiro atoms. The number of amides is 1. The Morgan fingerprint density at radius 2 is 1.93 bits per heavy atom. The molecular weight excluding hydrogens is 370 g/mol. The largest absolute Gasteiger partial charge is 0.344 e. The van der Waals surface area contributed by atoms with Gasteiger partial charge in [0.2, 0.25) is 5.91 Å². The maximum Gasteiger partial charge on any atom is 0.266 e. The number of terminal acetylenes is 1. The molecule has 28 heavy (non-hydrogen) atoms. The monoisotopic (exact) mass is 391 g/mol. The highest BCUT2D eigenvalue weighted by molar-refractivity contribution is 7.99. The van der Waals surface area contributed by atoms with Gasteiger partial charge in [0.25, 0.3) is 5.56 Å². The number of hydrogen-bond acceptors (Lipinski definition) is 4. The zero-order valence-corrected chi connectivity index (χ0v) is 16.6. The van der Waals surface area contributed by atoms with Crippen LogP contribution < -0.4 is 10.9 Å². The standard InChI is InChI=1S/C22H21N3O2S/c1-4-13-23-20(26)14-28-22-24-18-11-7-5-10-17(18)21(27)25(22)19-12-8-6-9-16(19)15(2)3/h1,5-12,15H,13-14H2,2-3H3,(H,23,26). The lowest BCUT2D eigenvalue weighted by Gasteiger charge is -2.18. The van der Waals surface area contributed by atoms with Crippen molar-refractivity contribution in [2.75, 3.05) is 12.3 Å². The van der Waals surface area contributed by atoms with Crippen LogP contribution in [0.25, 0.3) is 16.6 Å². The SMILES string of the molecule is C#CCNC(=O)CSc1nc2ccccc2c(=O)n1-c1ccccc1C(C)C. The number of benzene rings is 2. The first kappa shape index (κ1) is 19.7. The van der Waals surface area contributed by atoms with E-state index in [0.717, 1.165) is 11.3 Å². The lowest BCUT2D eigenvalue weighted by molar-refractivity contribution is -0.118. The summed E-state index contributed by atoms with van der Waals surface area (Å²) in [6.07, 6.45) is 5.18. The minimum absolute atomic E-state index is 0.121. The Labute approximate surface area is 168 Å². The van der Waals surface area contributed by atoms with Gasteiger partial charge in [0.15, 0.2) is 5.16 Å². The summed E-state index contributed by atoms with van der Waals surface area (Å²) in [7, 11) is 0. The number of nitrogens with zero attached hydrogens (tertiary/aromatic N) is 2. The van der Waals surface area contributed by atoms with E-state index in [1.165, 1.54) is 11.8 Å². The molecule has 0 aliphatic heterocycles. The minimum atomic E-state index is -0.200. The number of fused-ring (bicyclic) bond motifs is 1. The highest BCUT2D eigenvalue weighted by atomic mass is 32.2. The van der Waals surface area contributed by atoms with E-state index >= 15 is 0 Å². The normalized spacial score (nSPS) is 10.8. The Morgan fingerprint density at radius 3 is 2.68 bits per heavy atom. The number of rotatable bonds is 6. The van der Waals surface area contributed by atoms with Crippen LogP contribution in [0.1, 0.15) is 25.3 Å². The summed E-state index contributed by atoms with van der Waals surface area (Å²) in [6, 6.07) is 15.0. The molecule has 1 heterocycles. The number of thioether (sulfide) groups is 1. The number of hydrogen-bond donors (Lipinski definition) is 1. The molecule has 0 unspecified atom stereocenters. The topological polar surface area (TPSA) is 64.0 Å². The van der Waals surface area contributed by atoms with Gasteiger partial charge in [-0.1, -0.05) is 61.9 Å². The fourth-order valence-corrected chi connectivity index (χ4v) is 3.77. The molecule has 0 saturated heterocycles. The third-order valence-corrected chi connectivity index (χ3v) is 5.20. The zero-order chi connectivity index (χ0) is 20.1. The second-order valence-corrected chi connectivity index (χ2v) is 7.48. The van der Waals surface area contributed by atoms with E-state index in [4.69, 9.17) is 6.42 Å². The summed E-state index contributed by atoms with van der Waals surface area (Å²) in [5, 5.41) is 3.66. The number of carbonyl (C=O) groups excluding carboxylic acids is 1. The molecule has 0 atom stereocenters. The maximum atomic E-state index is 13.3. The second kappa shape index (κ2) is 8.77. The number of carbonyl (C=O) groups is 1. The van der Waals surface area contributed by atoms with Crippen LogP contribution in [0.15, 0.2) is 58.5 Å². The highest BCUT2D eigenvalue weighted by Crippen LogP contribution is 2.26. The van der Waals surface area contributed by atoms with Crippen LogP contribution in [0.2, 0.25) is 0 Å². The molecule has 3 rings (SSSR count). The summed E-state index contributed by atoms with van der Waals surface area (Å²) < 4.78 is 1.61. The molecule has 1 N–H and O–H groups in total. The third kappa shape index (κ3) is 4.10. The first-order chi connectivity index (χ1) is 13.5. The average molecular weight is 391 g/mol. The molecular formula is C22H21N3O2S. The van der Waals surface area contributed by atoms with Crippen LogP contribution in [0.5, 0.6) is 0 Å². The van der Waals surface area contributed by atoms with E-state index in [-0.39, 0.29) is 29.7 Å². The quantitative estimate of drug-likeness (QED) is 0.398. The van der Waals surface area contributed by atoms with Gasteiger partial charge in [-0.15, -0.1) is 6.42 Å². The van der Waals surface area contributed by atoms with Gasteiger partial charge in [-0.2, -0.15) is 0 Å². The molecule has 6 heteroatoms. The van der Waals surface area contributed by atoms with Crippen LogP contribution in [0.4, 0.5) is 0 Å². The third-order valence-electron chi connectivity index (χ3n) is 4.26. The number of nitrogens with one attached hydrogen (secondary N) is 1. The number of para-hydroxylation sites is 2. The summed E-state index contributed by atoms with van der Waals surface area (Å²) in [6.45, 7) is 4.34. The van der Waals surface area contributed by atoms with Crippen molar-refractivity contribution in [1.29, 1.82) is 0 Å². The van der Waals surface area contributed by atoms with Crippen molar-refractivity contribution in [3.63, 3.8) is 0 Å². The van der Waals surface area contributed by atoms with Crippen molar-refractivity contribution in [2.45, 2.75) is 24.9 Å². The Morgan fingerprint density at radius 1 is 1.21 bits per heavy atom. The van der Waals surface area contributed by atoms with Crippen molar-refractivity contribution in [2.24, 2.45) is 0 Å². The molecule has 3 aromatic rings. The van der Waals surface area contributed by atoms with Crippen LogP contribution in [-0.4, -0.2) is 27.8 Å². The van der Waals surface area contributed by atoms with E-state index in [2.05, 4.69) is 30.1 Å². The summed E-state index contributed by atoms with van der Waals surface area (Å²) in [4.78, 5) is 30.0. The molecule has 142 valence electrons. The summed E-state index contributed by atoms with van der Waals surface area (Å²) in [5.41, 5.74) is 2.29. The molecule has 5 nitrogen and oxygen atoms in total. The van der Waals surface area contributed by atoms with Crippen molar-refractivity contribution in [1.82, 2.24) is 14.9 Å². The molecule has 2 aromatic carbocycles. The van der Waals surface area contributed by atoms with E-state index in [1.54, 1.807) is 16.7 Å². The van der Waals surface area contributed by atoms with E-state index in [1.807, 2.05) is 36.4 Å². The van der Waals surface area contributed by atoms with Gasteiger partial charge < -0.3 is 5.32 Å². The van der Waals surface area contributed by atoms with Gasteiger partial charge in [0.05, 0.1) is 28.9 Å². The van der Waals surface area contributed by atoms with E-state index < -0.39 is 0 Å². The smallest absolute Gasteiger partial charge is 0.266 e. The van der Waals surface area contributed by atoms with Crippen molar-refractivity contribution in [3.8, 4) is 18.0 Å². The zero-order valence-electron chi connectivity index (χ0n) is 15.8. The van der Waals surface area contributed by atoms with Gasteiger partial charge in [-0.25, -0.2) is 4.98 Å². The minimum Gasteiger partial charge on any atom is -0.344 e. The fraction of sp³-hybridized carbons (Fsp3) is 0.227. The molecule has 0 aliphatic rings. The molecule has 1 amide bonds. The van der Waals surface area contributed by atoms with Crippen LogP contribution in [0, 0.1) is 12.3 Å². The molecule has 1 aromatic heterocycles. The summed E-state index contributed by atoms with van der Waals surface area (Å²) in [5.74, 6) is 2.52. The van der Waals surface area contributed by atoms with Crippen LogP contribution in [0.3, 0.4) is 0 Å². The molecule has 0 aliphatic carbocycles. The van der Waals surface area contributed by atoms with E-state index in [0.29, 0.717) is 16.1 Å². The lowest BCUT2D eigenvalue weighted by Crippen LogP contribution is -2.27. The van der Waals surface area contributed by atoms with Crippen molar-refractivity contribution >= 4 is 28.6 Å². The second-order valence-electron chi connectivity index (χ2n) is 6.54. The number of aromatic nitrogens is 2. The Bertz CT molecular complexity index is 1110. The van der Waals surface area contributed by atoms with Crippen LogP contribution >= 0.6 is 11.8 Å². The van der Waals surface area contributed by atoms with Gasteiger partial charge in [0, 0.05) is 0 Å². The Hall–Kier alpha value is -3.04. The van der Waals surface area contributed by atoms with Crippen molar-refractivity contribution < 1.29 is 4.79 Å². The molecule has 0 fully saturated rings. The first-order valence-corrected chi connectivity index (χ1v) is 9.95. The fourth-order valence-electron chi connectivity index (χ4n) is 2.93. The maximum absolute atomic E-state index is 13.3. The van der Waals surface area contributed by atoms with E-state index in [9.17, 15) is 9.59 Å². The summed E-state index contributed by atoms with van der Waals surface area (Å²) >= 11 is 1.22. The predicted octanol–water partition coefficient (Wildman–Crippen LogP) is 3.35. The molecule has 0 radical (unpaired) electrons. The average Bonchev–Trinajstić information content (AvgIpc) is 2.70. The molecule has 0 bridgehead atoms.